The maximum atomic E-state index is 12.2. The molecule has 0 aliphatic carbocycles. The maximum Gasteiger partial charge on any atom is 0.234 e. The van der Waals surface area contributed by atoms with E-state index in [1.807, 2.05) is 32.0 Å². The van der Waals surface area contributed by atoms with E-state index in [9.17, 15) is 4.79 Å². The van der Waals surface area contributed by atoms with Gasteiger partial charge >= 0.3 is 0 Å². The van der Waals surface area contributed by atoms with E-state index in [-0.39, 0.29) is 5.91 Å². The molecular weight excluding hydrogens is 349 g/mol. The van der Waals surface area contributed by atoms with E-state index < -0.39 is 0 Å². The van der Waals surface area contributed by atoms with Crippen molar-refractivity contribution >= 4 is 46.6 Å². The highest BCUT2D eigenvalue weighted by molar-refractivity contribution is 7.99. The van der Waals surface area contributed by atoms with Gasteiger partial charge in [0.15, 0.2) is 0 Å². The van der Waals surface area contributed by atoms with Crippen LogP contribution < -0.4 is 5.32 Å². The van der Waals surface area contributed by atoms with Gasteiger partial charge in [0.05, 0.1) is 5.75 Å². The van der Waals surface area contributed by atoms with Gasteiger partial charge in [-0.25, -0.2) is 0 Å². The van der Waals surface area contributed by atoms with E-state index >= 15 is 0 Å². The van der Waals surface area contributed by atoms with Gasteiger partial charge in [0.1, 0.15) is 0 Å². The van der Waals surface area contributed by atoms with Crippen LogP contribution in [0.3, 0.4) is 0 Å². The van der Waals surface area contributed by atoms with Crippen LogP contribution in [0.25, 0.3) is 0 Å². The molecule has 1 amide bonds. The van der Waals surface area contributed by atoms with E-state index in [1.54, 1.807) is 0 Å². The van der Waals surface area contributed by atoms with Gasteiger partial charge in [-0.05, 0) is 49.6 Å². The first-order chi connectivity index (χ1) is 10.9. The zero-order valence-electron chi connectivity index (χ0n) is 13.4. The van der Waals surface area contributed by atoms with Gasteiger partial charge in [0, 0.05) is 21.5 Å². The molecule has 0 heterocycles. The number of nitrogens with one attached hydrogen (secondary N) is 1. The number of thioether (sulfide) groups is 1. The Balaban J connectivity index is 1.94. The molecule has 0 fully saturated rings. The number of carbonyl (C=O) groups is 1. The Morgan fingerprint density at radius 3 is 2.22 bits per heavy atom. The Labute approximate surface area is 151 Å². The summed E-state index contributed by atoms with van der Waals surface area (Å²) in [5, 5.41) is 4.27. The van der Waals surface area contributed by atoms with E-state index in [2.05, 4.69) is 24.4 Å². The summed E-state index contributed by atoms with van der Waals surface area (Å²) in [6.45, 7) is 6.06. The molecule has 2 nitrogen and oxygen atoms in total. The molecule has 2 aromatic rings. The van der Waals surface area contributed by atoms with Crippen molar-refractivity contribution in [1.82, 2.24) is 0 Å². The molecule has 2 aromatic carbocycles. The molecule has 23 heavy (non-hydrogen) atoms. The summed E-state index contributed by atoms with van der Waals surface area (Å²) < 4.78 is 0. The molecule has 0 atom stereocenters. The first-order valence-corrected chi connectivity index (χ1v) is 9.18. The molecule has 0 saturated carbocycles. The standard InChI is InChI=1S/C18H19Cl2NOS/c1-11-7-12(2)18(13(3)8-11)21-17(22)10-23-9-14-15(19)5-4-6-16(14)20/h4-8H,9-10H2,1-3H3,(H,21,22). The fourth-order valence-electron chi connectivity index (χ4n) is 2.47. The van der Waals surface area contributed by atoms with Crippen LogP contribution in [0.5, 0.6) is 0 Å². The molecule has 0 radical (unpaired) electrons. The first kappa shape index (κ1) is 18.2. The van der Waals surface area contributed by atoms with Crippen molar-refractivity contribution in [3.8, 4) is 0 Å². The van der Waals surface area contributed by atoms with Crippen LogP contribution in [0.1, 0.15) is 22.3 Å². The highest BCUT2D eigenvalue weighted by atomic mass is 35.5. The molecule has 0 saturated heterocycles. The van der Waals surface area contributed by atoms with Gasteiger partial charge in [-0.15, -0.1) is 11.8 Å². The van der Waals surface area contributed by atoms with Gasteiger partial charge < -0.3 is 5.32 Å². The third-order valence-electron chi connectivity index (χ3n) is 3.48. The third-order valence-corrected chi connectivity index (χ3v) is 5.15. The number of hydrogen-bond acceptors (Lipinski definition) is 2. The molecule has 1 N–H and O–H groups in total. The minimum Gasteiger partial charge on any atom is -0.325 e. The predicted octanol–water partition coefficient (Wildman–Crippen LogP) is 5.79. The summed E-state index contributed by atoms with van der Waals surface area (Å²) in [4.78, 5) is 12.2. The van der Waals surface area contributed by atoms with Crippen molar-refractivity contribution in [1.29, 1.82) is 0 Å². The fraction of sp³-hybridized carbons (Fsp3) is 0.278. The van der Waals surface area contributed by atoms with E-state index in [1.165, 1.54) is 17.3 Å². The van der Waals surface area contributed by atoms with Crippen LogP contribution in [0.2, 0.25) is 10.0 Å². The van der Waals surface area contributed by atoms with E-state index in [0.717, 1.165) is 22.4 Å². The van der Waals surface area contributed by atoms with Crippen molar-refractivity contribution in [2.75, 3.05) is 11.1 Å². The molecular formula is C18H19Cl2NOS. The fourth-order valence-corrected chi connectivity index (χ4v) is 4.03. The summed E-state index contributed by atoms with van der Waals surface area (Å²) in [6, 6.07) is 9.57. The number of aryl methyl sites for hydroxylation is 3. The van der Waals surface area contributed by atoms with E-state index in [4.69, 9.17) is 23.2 Å². The number of amides is 1. The van der Waals surface area contributed by atoms with Gasteiger partial charge in [-0.2, -0.15) is 0 Å². The second kappa shape index (κ2) is 8.09. The van der Waals surface area contributed by atoms with Crippen LogP contribution in [0.4, 0.5) is 5.69 Å². The topological polar surface area (TPSA) is 29.1 Å². The second-order valence-electron chi connectivity index (χ2n) is 5.51. The van der Waals surface area contributed by atoms with Crippen molar-refractivity contribution in [2.24, 2.45) is 0 Å². The third kappa shape index (κ3) is 4.90. The van der Waals surface area contributed by atoms with E-state index in [0.29, 0.717) is 21.6 Å². The monoisotopic (exact) mass is 367 g/mol. The second-order valence-corrected chi connectivity index (χ2v) is 7.31. The smallest absolute Gasteiger partial charge is 0.234 e. The molecule has 0 unspecified atom stereocenters. The van der Waals surface area contributed by atoms with Gasteiger partial charge in [0.25, 0.3) is 0 Å². The number of halogens is 2. The summed E-state index contributed by atoms with van der Waals surface area (Å²) in [5.41, 5.74) is 5.12. The van der Waals surface area contributed by atoms with Gasteiger partial charge in [-0.3, -0.25) is 4.79 Å². The van der Waals surface area contributed by atoms with Crippen LogP contribution in [0, 0.1) is 20.8 Å². The molecule has 122 valence electrons. The maximum absolute atomic E-state index is 12.2. The summed E-state index contributed by atoms with van der Waals surface area (Å²) >= 11 is 13.8. The number of hydrogen-bond donors (Lipinski definition) is 1. The highest BCUT2D eigenvalue weighted by Crippen LogP contribution is 2.28. The van der Waals surface area contributed by atoms with Gasteiger partial charge in [0.2, 0.25) is 5.91 Å². The van der Waals surface area contributed by atoms with Crippen LogP contribution in [-0.4, -0.2) is 11.7 Å². The Bertz CT molecular complexity index is 688. The van der Waals surface area contributed by atoms with Crippen molar-refractivity contribution in [3.63, 3.8) is 0 Å². The normalized spacial score (nSPS) is 10.7. The Morgan fingerprint density at radius 1 is 1.09 bits per heavy atom. The average Bonchev–Trinajstić information content (AvgIpc) is 2.46. The molecule has 5 heteroatoms. The lowest BCUT2D eigenvalue weighted by Gasteiger charge is -2.13. The lowest BCUT2D eigenvalue weighted by molar-refractivity contribution is -0.113. The summed E-state index contributed by atoms with van der Waals surface area (Å²) in [5.74, 6) is 0.944. The van der Waals surface area contributed by atoms with Crippen LogP contribution in [0.15, 0.2) is 30.3 Å². The SMILES string of the molecule is Cc1cc(C)c(NC(=O)CSCc2c(Cl)cccc2Cl)c(C)c1. The van der Waals surface area contributed by atoms with Crippen LogP contribution in [-0.2, 0) is 10.5 Å². The predicted molar refractivity (Wildman–Crippen MR) is 102 cm³/mol. The zero-order chi connectivity index (χ0) is 17.0. The largest absolute Gasteiger partial charge is 0.325 e. The number of rotatable bonds is 5. The average molecular weight is 368 g/mol. The van der Waals surface area contributed by atoms with Gasteiger partial charge in [-0.1, -0.05) is 47.0 Å². The first-order valence-electron chi connectivity index (χ1n) is 7.27. The highest BCUT2D eigenvalue weighted by Gasteiger charge is 2.10. The van der Waals surface area contributed by atoms with Crippen molar-refractivity contribution in [3.05, 3.63) is 62.6 Å². The number of carbonyl (C=O) groups excluding carboxylic acids is 1. The quantitative estimate of drug-likeness (QED) is 0.724. The molecule has 0 aliphatic rings. The van der Waals surface area contributed by atoms with Crippen molar-refractivity contribution in [2.45, 2.75) is 26.5 Å². The minimum atomic E-state index is -0.0202. The van der Waals surface area contributed by atoms with Crippen molar-refractivity contribution < 1.29 is 4.79 Å². The molecule has 0 aliphatic heterocycles. The molecule has 0 aromatic heterocycles. The number of anilines is 1. The van der Waals surface area contributed by atoms with Crippen LogP contribution >= 0.6 is 35.0 Å². The summed E-state index contributed by atoms with van der Waals surface area (Å²) in [6.07, 6.45) is 0. The molecule has 2 rings (SSSR count). The molecule has 0 spiro atoms. The Kier molecular flexibility index (Phi) is 6.40. The number of benzene rings is 2. The Hall–Kier alpha value is -1.16. The minimum absolute atomic E-state index is 0.0202. The molecule has 0 bridgehead atoms. The lowest BCUT2D eigenvalue weighted by atomic mass is 10.1. The lowest BCUT2D eigenvalue weighted by Crippen LogP contribution is -2.16. The Morgan fingerprint density at radius 2 is 1.65 bits per heavy atom. The summed E-state index contributed by atoms with van der Waals surface area (Å²) in [7, 11) is 0. The zero-order valence-corrected chi connectivity index (χ0v) is 15.7.